The van der Waals surface area contributed by atoms with Crippen LogP contribution in [0.15, 0.2) is 28.8 Å². The molecule has 0 bridgehead atoms. The molecule has 0 saturated carbocycles. The molecule has 1 fully saturated rings. The average Bonchev–Trinajstić information content (AvgIpc) is 2.94. The smallest absolute Gasteiger partial charge is 0.410 e. The normalized spacial score (nSPS) is 26.5. The van der Waals surface area contributed by atoms with Crippen molar-refractivity contribution < 1.29 is 18.7 Å². The molecule has 0 aromatic heterocycles. The first-order valence-corrected chi connectivity index (χ1v) is 7.87. The summed E-state index contributed by atoms with van der Waals surface area (Å²) >= 11 is 0. The first-order valence-electron chi connectivity index (χ1n) is 7.87. The topological polar surface area (TPSA) is 86.3 Å². The molecule has 0 aromatic carbocycles. The zero-order valence-corrected chi connectivity index (χ0v) is 13.4. The van der Waals surface area contributed by atoms with Crippen molar-refractivity contribution in [3.05, 3.63) is 23.7 Å². The second-order valence-corrected chi connectivity index (χ2v) is 5.85. The van der Waals surface area contributed by atoms with Gasteiger partial charge in [-0.05, 0) is 12.5 Å². The van der Waals surface area contributed by atoms with Crippen LogP contribution in [0.4, 0.5) is 9.18 Å². The van der Waals surface area contributed by atoms with Crippen molar-refractivity contribution in [2.45, 2.75) is 25.5 Å². The highest BCUT2D eigenvalue weighted by Crippen LogP contribution is 2.28. The largest absolute Gasteiger partial charge is 0.442 e. The van der Waals surface area contributed by atoms with E-state index in [2.05, 4.69) is 15.8 Å². The summed E-state index contributed by atoms with van der Waals surface area (Å²) in [5.41, 5.74) is 3.28. The van der Waals surface area contributed by atoms with Crippen molar-refractivity contribution in [3.63, 3.8) is 0 Å². The molecule has 2 heterocycles. The van der Waals surface area contributed by atoms with E-state index in [-0.39, 0.29) is 24.3 Å². The Morgan fingerprint density at radius 1 is 1.58 bits per heavy atom. The molecule has 24 heavy (non-hydrogen) atoms. The average molecular weight is 337 g/mol. The van der Waals surface area contributed by atoms with Crippen LogP contribution in [0.1, 0.15) is 13.3 Å². The number of nitrogens with one attached hydrogen (secondary N) is 2. The van der Waals surface area contributed by atoms with Crippen LogP contribution in [0.5, 0.6) is 0 Å². The third kappa shape index (κ3) is 3.50. The van der Waals surface area contributed by atoms with E-state index in [0.717, 1.165) is 0 Å². The second-order valence-electron chi connectivity index (χ2n) is 5.85. The molecule has 0 radical (unpaired) electrons. The Bertz CT molecular complexity index is 618. The molecule has 2 N–H and O–H groups in total. The molecule has 2 aliphatic heterocycles. The van der Waals surface area contributed by atoms with Crippen molar-refractivity contribution in [3.8, 4) is 0 Å². The van der Waals surface area contributed by atoms with Crippen LogP contribution in [0.25, 0.3) is 0 Å². The summed E-state index contributed by atoms with van der Waals surface area (Å²) in [5.74, 6) is -0.559. The van der Waals surface area contributed by atoms with Gasteiger partial charge in [-0.3, -0.25) is 9.69 Å². The van der Waals surface area contributed by atoms with Crippen molar-refractivity contribution in [1.29, 1.82) is 0 Å². The Labute approximate surface area is 139 Å². The van der Waals surface area contributed by atoms with Crippen LogP contribution < -0.4 is 10.7 Å². The second kappa shape index (κ2) is 6.90. The summed E-state index contributed by atoms with van der Waals surface area (Å²) < 4.78 is 19.7. The standard InChI is InChI=1S/C15H20FN5O3/c1-10(22)17-7-12-8-21(15(23)24-12)11-2-3-14(13(16)6-11)20-5-4-18-19-9-20/h3,6,9,11-12,18H,2,4-5,7-8H2,1H3,(H,17,22). The number of halogens is 1. The lowest BCUT2D eigenvalue weighted by molar-refractivity contribution is -0.119. The maximum atomic E-state index is 14.4. The monoisotopic (exact) mass is 337 g/mol. The van der Waals surface area contributed by atoms with Gasteiger partial charge in [0.1, 0.15) is 18.3 Å². The van der Waals surface area contributed by atoms with Crippen LogP contribution in [0.3, 0.4) is 0 Å². The molecular weight excluding hydrogens is 317 g/mol. The Morgan fingerprint density at radius 2 is 2.42 bits per heavy atom. The van der Waals surface area contributed by atoms with E-state index in [0.29, 0.717) is 31.8 Å². The summed E-state index contributed by atoms with van der Waals surface area (Å²) in [6, 6.07) is -0.386. The minimum absolute atomic E-state index is 0.182. The quantitative estimate of drug-likeness (QED) is 0.771. The minimum atomic E-state index is -0.486. The van der Waals surface area contributed by atoms with Crippen LogP contribution in [-0.2, 0) is 9.53 Å². The SMILES string of the molecule is CC(=O)NCC1CN(C2C=C(F)C(N3C=NNCC3)=CC2)C(=O)O1. The zero-order valence-electron chi connectivity index (χ0n) is 13.4. The van der Waals surface area contributed by atoms with Gasteiger partial charge in [0.2, 0.25) is 5.91 Å². The number of carbonyl (C=O) groups is 2. The van der Waals surface area contributed by atoms with Gasteiger partial charge in [0, 0.05) is 13.5 Å². The molecule has 9 heteroatoms. The molecule has 1 aliphatic carbocycles. The Balaban J connectivity index is 1.62. The van der Waals surface area contributed by atoms with Gasteiger partial charge < -0.3 is 20.4 Å². The van der Waals surface area contributed by atoms with Crippen molar-refractivity contribution in [2.24, 2.45) is 5.10 Å². The first kappa shape index (κ1) is 16.3. The molecule has 0 aromatic rings. The van der Waals surface area contributed by atoms with E-state index < -0.39 is 12.2 Å². The number of hydrogen-bond donors (Lipinski definition) is 2. The van der Waals surface area contributed by atoms with Crippen molar-refractivity contribution >= 4 is 18.3 Å². The molecule has 2 amide bonds. The van der Waals surface area contributed by atoms with E-state index in [1.54, 1.807) is 17.3 Å². The maximum Gasteiger partial charge on any atom is 0.410 e. The molecule has 8 nitrogen and oxygen atoms in total. The third-order valence-corrected chi connectivity index (χ3v) is 4.08. The van der Waals surface area contributed by atoms with Gasteiger partial charge in [-0.1, -0.05) is 6.08 Å². The van der Waals surface area contributed by atoms with Crippen LogP contribution in [0.2, 0.25) is 0 Å². The minimum Gasteiger partial charge on any atom is -0.442 e. The fourth-order valence-corrected chi connectivity index (χ4v) is 2.89. The lowest BCUT2D eigenvalue weighted by atomic mass is 10.0. The molecule has 2 atom stereocenters. The van der Waals surface area contributed by atoms with E-state index in [9.17, 15) is 14.0 Å². The Morgan fingerprint density at radius 3 is 3.08 bits per heavy atom. The van der Waals surface area contributed by atoms with Crippen molar-refractivity contribution in [1.82, 2.24) is 20.5 Å². The number of nitrogens with zero attached hydrogens (tertiary/aromatic N) is 3. The number of allylic oxidation sites excluding steroid dienone is 1. The molecular formula is C15H20FN5O3. The van der Waals surface area contributed by atoms with Crippen LogP contribution in [-0.4, -0.2) is 66.5 Å². The number of amides is 2. The predicted octanol–water partition coefficient (Wildman–Crippen LogP) is 0.301. The van der Waals surface area contributed by atoms with E-state index in [1.807, 2.05) is 0 Å². The molecule has 3 rings (SSSR count). The highest BCUT2D eigenvalue weighted by molar-refractivity contribution is 5.73. The van der Waals surface area contributed by atoms with Gasteiger partial charge >= 0.3 is 6.09 Å². The van der Waals surface area contributed by atoms with Crippen molar-refractivity contribution in [2.75, 3.05) is 26.2 Å². The summed E-state index contributed by atoms with van der Waals surface area (Å²) in [5, 5.41) is 6.54. The van der Waals surface area contributed by atoms with Gasteiger partial charge in [-0.15, -0.1) is 0 Å². The third-order valence-electron chi connectivity index (χ3n) is 4.08. The highest BCUT2D eigenvalue weighted by atomic mass is 19.1. The summed E-state index contributed by atoms with van der Waals surface area (Å²) in [7, 11) is 0. The van der Waals surface area contributed by atoms with Gasteiger partial charge in [0.25, 0.3) is 0 Å². The fourth-order valence-electron chi connectivity index (χ4n) is 2.89. The summed E-state index contributed by atoms with van der Waals surface area (Å²) in [6.07, 6.45) is 4.36. The van der Waals surface area contributed by atoms with Crippen LogP contribution in [0, 0.1) is 0 Å². The van der Waals surface area contributed by atoms with Gasteiger partial charge in [0.15, 0.2) is 0 Å². The molecule has 130 valence electrons. The Hall–Kier alpha value is -2.58. The van der Waals surface area contributed by atoms with Crippen LogP contribution >= 0.6 is 0 Å². The van der Waals surface area contributed by atoms with E-state index in [4.69, 9.17) is 4.74 Å². The molecule has 1 saturated heterocycles. The number of ether oxygens (including phenoxy) is 1. The van der Waals surface area contributed by atoms with Gasteiger partial charge in [0.05, 0.1) is 31.4 Å². The zero-order chi connectivity index (χ0) is 17.1. The molecule has 2 unspecified atom stereocenters. The van der Waals surface area contributed by atoms with E-state index >= 15 is 0 Å². The summed E-state index contributed by atoms with van der Waals surface area (Å²) in [4.78, 5) is 26.2. The first-order chi connectivity index (χ1) is 11.5. The summed E-state index contributed by atoms with van der Waals surface area (Å²) in [6.45, 7) is 3.26. The number of hydrazone groups is 1. The molecule has 3 aliphatic rings. The van der Waals surface area contributed by atoms with Gasteiger partial charge in [-0.2, -0.15) is 5.10 Å². The van der Waals surface area contributed by atoms with E-state index in [1.165, 1.54) is 17.9 Å². The highest BCUT2D eigenvalue weighted by Gasteiger charge is 2.36. The molecule has 0 spiro atoms. The lowest BCUT2D eigenvalue weighted by Crippen LogP contribution is -2.39. The number of rotatable bonds is 4. The maximum absolute atomic E-state index is 14.4. The Kier molecular flexibility index (Phi) is 4.68. The fraction of sp³-hybridized carbons (Fsp3) is 0.533. The predicted molar refractivity (Wildman–Crippen MR) is 84.5 cm³/mol. The number of hydrogen-bond acceptors (Lipinski definition) is 6. The number of cyclic esters (lactones) is 1. The van der Waals surface area contributed by atoms with Gasteiger partial charge in [-0.25, -0.2) is 9.18 Å². The lowest BCUT2D eigenvalue weighted by Gasteiger charge is -2.30. The number of carbonyl (C=O) groups excluding carboxylic acids is 2.